The second kappa shape index (κ2) is 9.22. The van der Waals surface area contributed by atoms with Crippen molar-refractivity contribution in [2.75, 3.05) is 12.4 Å². The summed E-state index contributed by atoms with van der Waals surface area (Å²) in [4.78, 5) is 29.2. The van der Waals surface area contributed by atoms with Gasteiger partial charge in [0, 0.05) is 48.9 Å². The van der Waals surface area contributed by atoms with Gasteiger partial charge in [0.05, 0.1) is 18.3 Å². The Balaban J connectivity index is 1.83. The Hall–Kier alpha value is -4.33. The Labute approximate surface area is 185 Å². The Morgan fingerprint density at radius 2 is 1.91 bits per heavy atom. The minimum atomic E-state index is -0.420. The molecule has 0 aliphatic heterocycles. The van der Waals surface area contributed by atoms with E-state index in [0.29, 0.717) is 17.3 Å². The number of hydrogen-bond acceptors (Lipinski definition) is 8. The van der Waals surface area contributed by atoms with Crippen LogP contribution in [0.4, 0.5) is 17.2 Å². The summed E-state index contributed by atoms with van der Waals surface area (Å²) in [6.45, 7) is 2.96. The molecule has 0 radical (unpaired) electrons. The summed E-state index contributed by atoms with van der Waals surface area (Å²) < 4.78 is 10.4. The Bertz CT molecular complexity index is 1310. The van der Waals surface area contributed by atoms with Gasteiger partial charge in [-0.05, 0) is 42.5 Å². The number of ether oxygens (including phenoxy) is 2. The predicted molar refractivity (Wildman–Crippen MR) is 124 cm³/mol. The maximum absolute atomic E-state index is 11.2. The molecule has 0 atom stereocenters. The number of aromatic nitrogens is 3. The summed E-state index contributed by atoms with van der Waals surface area (Å²) in [5.41, 5.74) is 2.96. The monoisotopic (exact) mass is 427 g/mol. The number of carbonyl (C=O) groups is 1. The number of esters is 1. The van der Waals surface area contributed by atoms with Crippen LogP contribution in [0, 0.1) is 0 Å². The fraction of sp³-hybridized carbons (Fsp3) is 0.125. The van der Waals surface area contributed by atoms with E-state index in [4.69, 9.17) is 19.4 Å². The van der Waals surface area contributed by atoms with Gasteiger partial charge in [-0.3, -0.25) is 9.78 Å². The van der Waals surface area contributed by atoms with E-state index >= 15 is 0 Å². The molecule has 4 aromatic rings. The molecule has 0 saturated carbocycles. The van der Waals surface area contributed by atoms with E-state index in [1.54, 1.807) is 26.4 Å². The number of benzene rings is 2. The van der Waals surface area contributed by atoms with E-state index in [-0.39, 0.29) is 5.90 Å². The molecular formula is C24H21N5O3. The van der Waals surface area contributed by atoms with Gasteiger partial charge in [0.15, 0.2) is 11.7 Å². The molecule has 160 valence electrons. The highest BCUT2D eigenvalue weighted by Crippen LogP contribution is 2.31. The van der Waals surface area contributed by atoms with Crippen LogP contribution in [0.15, 0.2) is 72.0 Å². The lowest BCUT2D eigenvalue weighted by atomic mass is 10.2. The maximum atomic E-state index is 11.2. The second-order valence-electron chi connectivity index (χ2n) is 6.92. The summed E-state index contributed by atoms with van der Waals surface area (Å²) in [7, 11) is 1.62. The summed E-state index contributed by atoms with van der Waals surface area (Å²) in [6.07, 6.45) is 3.42. The number of hydrogen-bond donors (Lipinski definition) is 1. The van der Waals surface area contributed by atoms with E-state index in [0.717, 1.165) is 27.9 Å². The first kappa shape index (κ1) is 20.9. The van der Waals surface area contributed by atoms with Crippen LogP contribution in [-0.4, -0.2) is 33.9 Å². The van der Waals surface area contributed by atoms with Crippen LogP contribution in [0.2, 0.25) is 0 Å². The first-order valence-corrected chi connectivity index (χ1v) is 9.89. The van der Waals surface area contributed by atoms with Crippen molar-refractivity contribution in [3.63, 3.8) is 0 Å². The summed E-state index contributed by atoms with van der Waals surface area (Å²) in [5.74, 6) is 1.71. The van der Waals surface area contributed by atoms with Gasteiger partial charge in [0.1, 0.15) is 11.6 Å². The Morgan fingerprint density at radius 1 is 1.03 bits per heavy atom. The zero-order chi connectivity index (χ0) is 22.5. The minimum Gasteiger partial charge on any atom is -0.497 e. The SMILES string of the molecule is COc1cccc(Nc2nc(-c3cccnc3)nc3ccc(N=C(C)OC(C)=O)cc23)c1. The third kappa shape index (κ3) is 4.86. The zero-order valence-corrected chi connectivity index (χ0v) is 17.9. The summed E-state index contributed by atoms with van der Waals surface area (Å²) >= 11 is 0. The summed E-state index contributed by atoms with van der Waals surface area (Å²) in [6, 6.07) is 16.8. The number of nitrogens with one attached hydrogen (secondary N) is 1. The first-order chi connectivity index (χ1) is 15.5. The number of rotatable bonds is 5. The molecule has 32 heavy (non-hydrogen) atoms. The quantitative estimate of drug-likeness (QED) is 0.270. The lowest BCUT2D eigenvalue weighted by Gasteiger charge is -2.12. The molecular weight excluding hydrogens is 406 g/mol. The average molecular weight is 427 g/mol. The second-order valence-corrected chi connectivity index (χ2v) is 6.92. The molecule has 2 aromatic carbocycles. The smallest absolute Gasteiger partial charge is 0.309 e. The number of carbonyl (C=O) groups excluding carboxylic acids is 1. The third-order valence-electron chi connectivity index (χ3n) is 4.51. The fourth-order valence-corrected chi connectivity index (χ4v) is 3.16. The van der Waals surface area contributed by atoms with E-state index in [9.17, 15) is 4.79 Å². The van der Waals surface area contributed by atoms with Gasteiger partial charge in [-0.15, -0.1) is 0 Å². The number of pyridine rings is 1. The topological polar surface area (TPSA) is 98.6 Å². The maximum Gasteiger partial charge on any atom is 0.309 e. The van der Waals surface area contributed by atoms with Crippen molar-refractivity contribution in [2.24, 2.45) is 4.99 Å². The molecule has 0 spiro atoms. The van der Waals surface area contributed by atoms with Crippen molar-refractivity contribution < 1.29 is 14.3 Å². The molecule has 2 aromatic heterocycles. The molecule has 0 amide bonds. The van der Waals surface area contributed by atoms with Gasteiger partial charge >= 0.3 is 5.97 Å². The van der Waals surface area contributed by atoms with Crippen LogP contribution >= 0.6 is 0 Å². The number of nitrogens with zero attached hydrogens (tertiary/aromatic N) is 4. The van der Waals surface area contributed by atoms with Crippen LogP contribution in [0.25, 0.3) is 22.3 Å². The predicted octanol–water partition coefficient (Wildman–Crippen LogP) is 5.06. The molecule has 0 unspecified atom stereocenters. The van der Waals surface area contributed by atoms with Gasteiger partial charge in [0.2, 0.25) is 0 Å². The molecule has 0 bridgehead atoms. The van der Waals surface area contributed by atoms with Crippen molar-refractivity contribution in [1.29, 1.82) is 0 Å². The van der Waals surface area contributed by atoms with E-state index in [1.165, 1.54) is 6.92 Å². The fourth-order valence-electron chi connectivity index (χ4n) is 3.16. The van der Waals surface area contributed by atoms with Gasteiger partial charge in [0.25, 0.3) is 0 Å². The Morgan fingerprint density at radius 3 is 2.66 bits per heavy atom. The van der Waals surface area contributed by atoms with Crippen molar-refractivity contribution in [2.45, 2.75) is 13.8 Å². The number of methoxy groups -OCH3 is 1. The third-order valence-corrected chi connectivity index (χ3v) is 4.51. The zero-order valence-electron chi connectivity index (χ0n) is 17.9. The molecule has 4 rings (SSSR count). The lowest BCUT2D eigenvalue weighted by molar-refractivity contribution is -0.133. The van der Waals surface area contributed by atoms with Crippen LogP contribution in [-0.2, 0) is 9.53 Å². The van der Waals surface area contributed by atoms with Crippen LogP contribution in [0.1, 0.15) is 13.8 Å². The molecule has 2 heterocycles. The number of fused-ring (bicyclic) bond motifs is 1. The standard InChI is InChI=1S/C24H21N5O3/c1-15(32-16(2)30)26-19-9-10-22-21(13-19)24(27-18-7-4-8-20(12-18)31-3)29-23(28-22)17-6-5-11-25-14-17/h4-14H,1-3H3,(H,27,28,29). The van der Waals surface area contributed by atoms with Crippen LogP contribution < -0.4 is 10.1 Å². The number of aliphatic imine (C=N–C) groups is 1. The lowest BCUT2D eigenvalue weighted by Crippen LogP contribution is -2.04. The molecule has 8 heteroatoms. The van der Waals surface area contributed by atoms with E-state index in [2.05, 4.69) is 15.3 Å². The molecule has 0 fully saturated rings. The molecule has 1 N–H and O–H groups in total. The van der Waals surface area contributed by atoms with Crippen molar-refractivity contribution >= 4 is 40.0 Å². The Kier molecular flexibility index (Phi) is 6.03. The van der Waals surface area contributed by atoms with Crippen molar-refractivity contribution in [3.8, 4) is 17.1 Å². The molecule has 0 saturated heterocycles. The highest BCUT2D eigenvalue weighted by molar-refractivity contribution is 5.95. The van der Waals surface area contributed by atoms with Crippen molar-refractivity contribution in [1.82, 2.24) is 15.0 Å². The first-order valence-electron chi connectivity index (χ1n) is 9.89. The highest BCUT2D eigenvalue weighted by atomic mass is 16.5. The minimum absolute atomic E-state index is 0.257. The van der Waals surface area contributed by atoms with E-state index < -0.39 is 5.97 Å². The van der Waals surface area contributed by atoms with Gasteiger partial charge < -0.3 is 14.8 Å². The van der Waals surface area contributed by atoms with Crippen LogP contribution in [0.3, 0.4) is 0 Å². The van der Waals surface area contributed by atoms with Gasteiger partial charge in [-0.25, -0.2) is 15.0 Å². The highest BCUT2D eigenvalue weighted by Gasteiger charge is 2.12. The molecule has 0 aliphatic rings. The summed E-state index contributed by atoms with van der Waals surface area (Å²) in [5, 5.41) is 4.12. The average Bonchev–Trinajstić information content (AvgIpc) is 2.79. The van der Waals surface area contributed by atoms with Crippen LogP contribution in [0.5, 0.6) is 5.75 Å². The molecule has 8 nitrogen and oxygen atoms in total. The van der Waals surface area contributed by atoms with E-state index in [1.807, 2.05) is 54.6 Å². The molecule has 0 aliphatic carbocycles. The normalized spacial score (nSPS) is 11.3. The van der Waals surface area contributed by atoms with Gasteiger partial charge in [-0.1, -0.05) is 6.07 Å². The largest absolute Gasteiger partial charge is 0.497 e. The number of anilines is 2. The van der Waals surface area contributed by atoms with Gasteiger partial charge in [-0.2, -0.15) is 0 Å². The van der Waals surface area contributed by atoms with Crippen molar-refractivity contribution in [3.05, 3.63) is 67.0 Å².